The molecule has 2 amide bonds. The molecule has 0 aromatic heterocycles. The Morgan fingerprint density at radius 1 is 1.34 bits per heavy atom. The highest BCUT2D eigenvalue weighted by Gasteiger charge is 2.28. The third-order valence-corrected chi connectivity index (χ3v) is 5.14. The maximum absolute atomic E-state index is 12.8. The van der Waals surface area contributed by atoms with Gasteiger partial charge in [0.2, 0.25) is 11.8 Å². The van der Waals surface area contributed by atoms with Gasteiger partial charge in [-0.2, -0.15) is 0 Å². The van der Waals surface area contributed by atoms with Crippen molar-refractivity contribution in [3.05, 3.63) is 29.8 Å². The Bertz CT molecular complexity index is 682. The average molecular weight is 405 g/mol. The number of likely N-dealkylation sites (tertiary alicyclic amines) is 1. The van der Waals surface area contributed by atoms with Gasteiger partial charge >= 0.3 is 0 Å². The van der Waals surface area contributed by atoms with Crippen molar-refractivity contribution < 1.29 is 19.1 Å². The Hall–Kier alpha value is -2.45. The zero-order chi connectivity index (χ0) is 21.1. The number of methoxy groups -OCH3 is 1. The van der Waals surface area contributed by atoms with Crippen LogP contribution in [0.4, 0.5) is 0 Å². The minimum absolute atomic E-state index is 0.0477. The highest BCUT2D eigenvalue weighted by molar-refractivity contribution is 5.87. The molecule has 1 aliphatic rings. The molecule has 3 N–H and O–H groups in total. The third kappa shape index (κ3) is 7.14. The van der Waals surface area contributed by atoms with Gasteiger partial charge in [-0.1, -0.05) is 18.2 Å². The van der Waals surface area contributed by atoms with E-state index in [1.807, 2.05) is 24.3 Å². The van der Waals surface area contributed by atoms with Crippen LogP contribution in [0.3, 0.4) is 0 Å². The van der Waals surface area contributed by atoms with Crippen LogP contribution in [0.5, 0.6) is 5.75 Å². The lowest BCUT2D eigenvalue weighted by atomic mass is 10.1. The van der Waals surface area contributed by atoms with E-state index < -0.39 is 0 Å². The first-order valence-corrected chi connectivity index (χ1v) is 10.1. The van der Waals surface area contributed by atoms with Crippen molar-refractivity contribution in [2.75, 3.05) is 40.3 Å². The van der Waals surface area contributed by atoms with Crippen molar-refractivity contribution in [1.82, 2.24) is 20.9 Å². The Balaban J connectivity index is 1.82. The summed E-state index contributed by atoms with van der Waals surface area (Å²) in [5, 5.41) is 8.93. The lowest BCUT2D eigenvalue weighted by Gasteiger charge is -2.25. The molecule has 0 aliphatic carbocycles. The summed E-state index contributed by atoms with van der Waals surface area (Å²) in [4.78, 5) is 37.7. The van der Waals surface area contributed by atoms with E-state index in [0.717, 1.165) is 30.4 Å². The molecule has 29 heavy (non-hydrogen) atoms. The summed E-state index contributed by atoms with van der Waals surface area (Å²) < 4.78 is 5.32. The summed E-state index contributed by atoms with van der Waals surface area (Å²) in [6.07, 6.45) is 3.95. The number of benzene rings is 1. The maximum Gasteiger partial charge on any atom is 0.240 e. The van der Waals surface area contributed by atoms with Crippen LogP contribution < -0.4 is 20.7 Å². The van der Waals surface area contributed by atoms with E-state index in [4.69, 9.17) is 4.74 Å². The Morgan fingerprint density at radius 2 is 2.14 bits per heavy atom. The molecule has 0 saturated carbocycles. The Morgan fingerprint density at radius 3 is 2.86 bits per heavy atom. The van der Waals surface area contributed by atoms with Crippen molar-refractivity contribution >= 4 is 18.1 Å². The smallest absolute Gasteiger partial charge is 0.240 e. The van der Waals surface area contributed by atoms with Crippen molar-refractivity contribution in [3.63, 3.8) is 0 Å². The number of carbonyl (C=O) groups is 3. The van der Waals surface area contributed by atoms with Crippen molar-refractivity contribution in [1.29, 1.82) is 0 Å². The number of ether oxygens (including phenoxy) is 1. The number of amides is 2. The second-order valence-corrected chi connectivity index (χ2v) is 7.16. The van der Waals surface area contributed by atoms with Crippen LogP contribution >= 0.6 is 0 Å². The molecule has 1 fully saturated rings. The molecule has 160 valence electrons. The normalized spacial score (nSPS) is 18.1. The molecule has 0 unspecified atom stereocenters. The van der Waals surface area contributed by atoms with Crippen molar-refractivity contribution in [3.8, 4) is 5.75 Å². The molecule has 0 spiro atoms. The van der Waals surface area contributed by atoms with Crippen LogP contribution in [0.1, 0.15) is 24.8 Å². The fraction of sp³-hybridized carbons (Fsp3) is 0.571. The predicted octanol–water partition coefficient (Wildman–Crippen LogP) is 0.112. The number of hydrogen-bond donors (Lipinski definition) is 3. The number of nitrogens with one attached hydrogen (secondary N) is 3. The molecule has 1 aromatic carbocycles. The summed E-state index contributed by atoms with van der Waals surface area (Å²) >= 11 is 0. The van der Waals surface area contributed by atoms with Gasteiger partial charge in [-0.05, 0) is 44.4 Å². The fourth-order valence-corrected chi connectivity index (χ4v) is 3.41. The van der Waals surface area contributed by atoms with Gasteiger partial charge in [-0.15, -0.1) is 0 Å². The minimum atomic E-state index is -0.366. The molecule has 1 aromatic rings. The van der Waals surface area contributed by atoms with Gasteiger partial charge in [-0.25, -0.2) is 0 Å². The van der Waals surface area contributed by atoms with Crippen LogP contribution in [0.2, 0.25) is 0 Å². The van der Waals surface area contributed by atoms with Crippen molar-refractivity contribution in [2.24, 2.45) is 0 Å². The van der Waals surface area contributed by atoms with Gasteiger partial charge in [0, 0.05) is 19.6 Å². The summed E-state index contributed by atoms with van der Waals surface area (Å²) in [5.74, 6) is 0.548. The molecule has 1 heterocycles. The van der Waals surface area contributed by atoms with E-state index in [9.17, 15) is 14.4 Å². The molecule has 0 bridgehead atoms. The second kappa shape index (κ2) is 12.2. The number of nitrogens with zero attached hydrogens (tertiary/aromatic N) is 1. The van der Waals surface area contributed by atoms with E-state index in [1.54, 1.807) is 19.1 Å². The number of aldehydes is 1. The van der Waals surface area contributed by atoms with Gasteiger partial charge in [-0.3, -0.25) is 9.59 Å². The van der Waals surface area contributed by atoms with E-state index in [2.05, 4.69) is 16.0 Å². The number of para-hydroxylation sites is 1. The largest absolute Gasteiger partial charge is 0.496 e. The molecule has 1 aliphatic heterocycles. The summed E-state index contributed by atoms with van der Waals surface area (Å²) in [6, 6.07) is 7.00. The number of likely N-dealkylation sites (N-methyl/N-ethyl adjacent to an activating group) is 1. The molecule has 8 heteroatoms. The third-order valence-electron chi connectivity index (χ3n) is 5.14. The van der Waals surface area contributed by atoms with Crippen LogP contribution in [0.25, 0.3) is 0 Å². The van der Waals surface area contributed by atoms with Gasteiger partial charge in [0.05, 0.1) is 25.7 Å². The van der Waals surface area contributed by atoms with Gasteiger partial charge in [0.15, 0.2) is 0 Å². The standard InChI is InChI=1S/C21H32N4O4/c1-22-17(15-26)13-24-18-8-5-6-12-25(21(18)28)14-20(27)23-11-10-16-7-3-4-9-19(16)29-2/h3-4,7,9,15,17-18,22,24H,5-6,8,10-14H2,1-2H3,(H,23,27)/t17-,18-/m0/s1. The van der Waals surface area contributed by atoms with E-state index in [0.29, 0.717) is 32.5 Å². The van der Waals surface area contributed by atoms with Gasteiger partial charge < -0.3 is 30.4 Å². The van der Waals surface area contributed by atoms with Crippen LogP contribution in [-0.2, 0) is 20.8 Å². The lowest BCUT2D eigenvalue weighted by Crippen LogP contribution is -2.51. The quantitative estimate of drug-likeness (QED) is 0.453. The first kappa shape index (κ1) is 22.8. The zero-order valence-corrected chi connectivity index (χ0v) is 17.3. The monoisotopic (exact) mass is 404 g/mol. The SMILES string of the molecule is CN[C@H](C=O)CN[C@H]1CCCCN(CC(=O)NCCc2ccccc2OC)C1=O. The van der Waals surface area contributed by atoms with E-state index in [1.165, 1.54) is 0 Å². The molecular formula is C21H32N4O4. The second-order valence-electron chi connectivity index (χ2n) is 7.16. The number of carbonyl (C=O) groups excluding carboxylic acids is 3. The first-order valence-electron chi connectivity index (χ1n) is 10.1. The minimum Gasteiger partial charge on any atom is -0.496 e. The molecular weight excluding hydrogens is 372 g/mol. The number of hydrogen-bond acceptors (Lipinski definition) is 6. The van der Waals surface area contributed by atoms with E-state index in [-0.39, 0.29) is 30.4 Å². The predicted molar refractivity (Wildman–Crippen MR) is 111 cm³/mol. The van der Waals surface area contributed by atoms with Crippen LogP contribution in [-0.4, -0.2) is 75.4 Å². The highest BCUT2D eigenvalue weighted by Crippen LogP contribution is 2.17. The molecule has 0 radical (unpaired) electrons. The van der Waals surface area contributed by atoms with Gasteiger partial charge in [0.25, 0.3) is 0 Å². The summed E-state index contributed by atoms with van der Waals surface area (Å²) in [5.41, 5.74) is 1.03. The Labute approximate surface area is 172 Å². The molecule has 2 rings (SSSR count). The maximum atomic E-state index is 12.8. The molecule has 2 atom stereocenters. The number of rotatable bonds is 11. The Kier molecular flexibility index (Phi) is 9.59. The lowest BCUT2D eigenvalue weighted by molar-refractivity contribution is -0.137. The van der Waals surface area contributed by atoms with Crippen LogP contribution in [0.15, 0.2) is 24.3 Å². The van der Waals surface area contributed by atoms with Crippen LogP contribution in [0, 0.1) is 0 Å². The first-order chi connectivity index (χ1) is 14.1. The van der Waals surface area contributed by atoms with Crippen molar-refractivity contribution in [2.45, 2.75) is 37.8 Å². The fourth-order valence-electron chi connectivity index (χ4n) is 3.41. The van der Waals surface area contributed by atoms with Gasteiger partial charge in [0.1, 0.15) is 12.0 Å². The summed E-state index contributed by atoms with van der Waals surface area (Å²) in [7, 11) is 3.33. The topological polar surface area (TPSA) is 99.8 Å². The van der Waals surface area contributed by atoms with E-state index >= 15 is 0 Å². The summed E-state index contributed by atoms with van der Waals surface area (Å²) in [6.45, 7) is 1.48. The average Bonchev–Trinajstić information content (AvgIpc) is 2.91. The highest BCUT2D eigenvalue weighted by atomic mass is 16.5. The molecule has 1 saturated heterocycles. The molecule has 8 nitrogen and oxygen atoms in total. The zero-order valence-electron chi connectivity index (χ0n) is 17.3.